The Morgan fingerprint density at radius 2 is 1.80 bits per heavy atom. The quantitative estimate of drug-likeness (QED) is 0.739. The molecule has 1 amide bonds. The van der Waals surface area contributed by atoms with Gasteiger partial charge in [0.2, 0.25) is 15.9 Å². The maximum absolute atomic E-state index is 11.9. The van der Waals surface area contributed by atoms with Crippen molar-refractivity contribution >= 4 is 22.0 Å². The van der Waals surface area contributed by atoms with Crippen LogP contribution in [0.25, 0.3) is 6.08 Å². The van der Waals surface area contributed by atoms with E-state index < -0.39 is 10.0 Å². The molecule has 0 fully saturated rings. The molecule has 0 radical (unpaired) electrons. The first-order valence-electron chi connectivity index (χ1n) is 7.57. The van der Waals surface area contributed by atoms with Crippen LogP contribution in [0.2, 0.25) is 0 Å². The van der Waals surface area contributed by atoms with Crippen LogP contribution in [0.5, 0.6) is 5.75 Å². The molecular formula is C18H20N2O4S. The summed E-state index contributed by atoms with van der Waals surface area (Å²) in [6.07, 6.45) is 3.02. The first-order chi connectivity index (χ1) is 12.0. The van der Waals surface area contributed by atoms with Crippen LogP contribution in [0.15, 0.2) is 59.5 Å². The van der Waals surface area contributed by atoms with E-state index in [1.807, 2.05) is 24.3 Å². The van der Waals surface area contributed by atoms with Crippen LogP contribution in [0.1, 0.15) is 11.1 Å². The summed E-state index contributed by atoms with van der Waals surface area (Å²) in [6.45, 7) is 0.354. The van der Waals surface area contributed by atoms with E-state index in [0.29, 0.717) is 12.3 Å². The fourth-order valence-corrected chi connectivity index (χ4v) is 2.87. The fraction of sp³-hybridized carbons (Fsp3) is 0.167. The minimum Gasteiger partial charge on any atom is -0.496 e. The number of carbonyl (C=O) groups is 1. The highest BCUT2D eigenvalue weighted by molar-refractivity contribution is 7.89. The third kappa shape index (κ3) is 5.17. The second-order valence-corrected chi connectivity index (χ2v) is 7.03. The zero-order valence-corrected chi connectivity index (χ0v) is 14.8. The van der Waals surface area contributed by atoms with Gasteiger partial charge in [0.05, 0.1) is 12.0 Å². The lowest BCUT2D eigenvalue weighted by atomic mass is 10.2. The van der Waals surface area contributed by atoms with Gasteiger partial charge in [-0.15, -0.1) is 0 Å². The number of hydrogen-bond acceptors (Lipinski definition) is 4. The lowest BCUT2D eigenvalue weighted by molar-refractivity contribution is -0.116. The maximum atomic E-state index is 11.9. The molecule has 0 aromatic heterocycles. The van der Waals surface area contributed by atoms with Crippen LogP contribution >= 0.6 is 0 Å². The summed E-state index contributed by atoms with van der Waals surface area (Å²) in [5, 5.41) is 2.78. The molecule has 0 spiro atoms. The zero-order chi connectivity index (χ0) is 18.3. The summed E-state index contributed by atoms with van der Waals surface area (Å²) in [4.78, 5) is 12.1. The predicted octanol–water partition coefficient (Wildman–Crippen LogP) is 1.93. The first-order valence-corrected chi connectivity index (χ1v) is 9.06. The Kier molecular flexibility index (Phi) is 6.32. The van der Waals surface area contributed by atoms with E-state index in [9.17, 15) is 13.2 Å². The highest BCUT2D eigenvalue weighted by Crippen LogP contribution is 2.16. The molecule has 2 aromatic rings. The molecule has 0 unspecified atom stereocenters. The summed E-state index contributed by atoms with van der Waals surface area (Å²) < 4.78 is 30.8. The summed E-state index contributed by atoms with van der Waals surface area (Å²) in [5.41, 5.74) is 1.61. The molecule has 2 N–H and O–H groups in total. The third-order valence-electron chi connectivity index (χ3n) is 3.53. The van der Waals surface area contributed by atoms with Gasteiger partial charge in [-0.05, 0) is 36.9 Å². The van der Waals surface area contributed by atoms with Crippen LogP contribution in [0.4, 0.5) is 0 Å². The Morgan fingerprint density at radius 3 is 2.44 bits per heavy atom. The molecule has 6 nitrogen and oxygen atoms in total. The first kappa shape index (κ1) is 18.7. The molecule has 25 heavy (non-hydrogen) atoms. The number of nitrogens with one attached hydrogen (secondary N) is 2. The molecule has 0 heterocycles. The second-order valence-electron chi connectivity index (χ2n) is 5.14. The number of sulfonamides is 1. The molecule has 0 atom stereocenters. The van der Waals surface area contributed by atoms with E-state index in [1.165, 1.54) is 25.3 Å². The summed E-state index contributed by atoms with van der Waals surface area (Å²) >= 11 is 0. The number of para-hydroxylation sites is 1. The Labute approximate surface area is 147 Å². The topological polar surface area (TPSA) is 84.5 Å². The van der Waals surface area contributed by atoms with E-state index in [-0.39, 0.29) is 10.8 Å². The van der Waals surface area contributed by atoms with Crippen LogP contribution in [0, 0.1) is 0 Å². The lowest BCUT2D eigenvalue weighted by Gasteiger charge is -2.08. The fourth-order valence-electron chi connectivity index (χ4n) is 2.14. The van der Waals surface area contributed by atoms with Gasteiger partial charge in [0.1, 0.15) is 5.75 Å². The summed E-state index contributed by atoms with van der Waals surface area (Å²) in [7, 11) is -0.519. The van der Waals surface area contributed by atoms with Gasteiger partial charge in [-0.25, -0.2) is 13.1 Å². The highest BCUT2D eigenvalue weighted by atomic mass is 32.2. The summed E-state index contributed by atoms with van der Waals surface area (Å²) in [5.74, 6) is 0.464. The number of ether oxygens (including phenoxy) is 1. The number of hydrogen-bond donors (Lipinski definition) is 2. The Hall–Kier alpha value is -2.64. The van der Waals surface area contributed by atoms with Gasteiger partial charge in [-0.2, -0.15) is 0 Å². The average molecular weight is 360 g/mol. The van der Waals surface area contributed by atoms with E-state index in [0.717, 1.165) is 11.1 Å². The maximum Gasteiger partial charge on any atom is 0.244 e. The van der Waals surface area contributed by atoms with Crippen molar-refractivity contribution in [2.45, 2.75) is 11.4 Å². The molecule has 0 aliphatic carbocycles. The van der Waals surface area contributed by atoms with Crippen molar-refractivity contribution < 1.29 is 17.9 Å². The zero-order valence-electron chi connectivity index (χ0n) is 14.0. The molecule has 0 aliphatic heterocycles. The van der Waals surface area contributed by atoms with Crippen LogP contribution in [-0.4, -0.2) is 28.5 Å². The van der Waals surface area contributed by atoms with Crippen molar-refractivity contribution in [3.05, 3.63) is 65.7 Å². The van der Waals surface area contributed by atoms with Gasteiger partial charge >= 0.3 is 0 Å². The molecule has 2 aromatic carbocycles. The number of carbonyl (C=O) groups excluding carboxylic acids is 1. The van der Waals surface area contributed by atoms with Gasteiger partial charge in [0, 0.05) is 18.2 Å². The Morgan fingerprint density at radius 1 is 1.12 bits per heavy atom. The molecule has 132 valence electrons. The van der Waals surface area contributed by atoms with E-state index in [2.05, 4.69) is 10.0 Å². The van der Waals surface area contributed by atoms with E-state index >= 15 is 0 Å². The van der Waals surface area contributed by atoms with Crippen molar-refractivity contribution in [1.29, 1.82) is 0 Å². The molecule has 2 rings (SSSR count). The van der Waals surface area contributed by atoms with Crippen LogP contribution in [-0.2, 0) is 21.4 Å². The molecule has 7 heteroatoms. The lowest BCUT2D eigenvalue weighted by Crippen LogP contribution is -2.20. The summed E-state index contributed by atoms with van der Waals surface area (Å²) in [6, 6.07) is 13.7. The highest BCUT2D eigenvalue weighted by Gasteiger charge is 2.09. The molecule has 0 aliphatic rings. The minimum atomic E-state index is -3.46. The number of benzene rings is 2. The molecule has 0 saturated carbocycles. The minimum absolute atomic E-state index is 0.174. The second kappa shape index (κ2) is 8.46. The van der Waals surface area contributed by atoms with Crippen molar-refractivity contribution in [3.63, 3.8) is 0 Å². The van der Waals surface area contributed by atoms with Gasteiger partial charge < -0.3 is 10.1 Å². The largest absolute Gasteiger partial charge is 0.496 e. The number of rotatable bonds is 7. The van der Waals surface area contributed by atoms with Crippen molar-refractivity contribution in [1.82, 2.24) is 10.0 Å². The SMILES string of the molecule is CNS(=O)(=O)c1ccc(/C=C/C(=O)NCc2ccccc2OC)cc1. The van der Waals surface area contributed by atoms with E-state index in [4.69, 9.17) is 4.74 Å². The molecule has 0 saturated heterocycles. The monoisotopic (exact) mass is 360 g/mol. The standard InChI is InChI=1S/C18H20N2O4S/c1-19-25(22,23)16-10-7-14(8-11-16)9-12-18(21)20-13-15-5-3-4-6-17(15)24-2/h3-12,19H,13H2,1-2H3,(H,20,21)/b12-9+. The van der Waals surface area contributed by atoms with E-state index in [1.54, 1.807) is 25.3 Å². The Bertz CT molecular complexity index is 859. The van der Waals surface area contributed by atoms with Crippen LogP contribution in [0.3, 0.4) is 0 Å². The third-order valence-corrected chi connectivity index (χ3v) is 4.96. The number of methoxy groups -OCH3 is 1. The Balaban J connectivity index is 1.96. The van der Waals surface area contributed by atoms with Gasteiger partial charge in [-0.1, -0.05) is 30.3 Å². The smallest absolute Gasteiger partial charge is 0.244 e. The van der Waals surface area contributed by atoms with Crippen molar-refractivity contribution in [2.75, 3.05) is 14.2 Å². The van der Waals surface area contributed by atoms with Gasteiger partial charge in [-0.3, -0.25) is 4.79 Å². The average Bonchev–Trinajstić information content (AvgIpc) is 2.65. The number of amides is 1. The van der Waals surface area contributed by atoms with Gasteiger partial charge in [0.15, 0.2) is 0 Å². The van der Waals surface area contributed by atoms with Crippen LogP contribution < -0.4 is 14.8 Å². The predicted molar refractivity (Wildman–Crippen MR) is 96.6 cm³/mol. The van der Waals surface area contributed by atoms with Gasteiger partial charge in [0.25, 0.3) is 0 Å². The normalized spacial score (nSPS) is 11.4. The molecular weight excluding hydrogens is 340 g/mol. The van der Waals surface area contributed by atoms with Crippen molar-refractivity contribution in [2.24, 2.45) is 0 Å². The molecule has 0 bridgehead atoms. The van der Waals surface area contributed by atoms with Crippen molar-refractivity contribution in [3.8, 4) is 5.75 Å².